The van der Waals surface area contributed by atoms with Gasteiger partial charge in [-0.25, -0.2) is 4.39 Å². The molecule has 0 aliphatic heterocycles. The molecule has 0 unspecified atom stereocenters. The molecule has 0 aliphatic rings. The van der Waals surface area contributed by atoms with E-state index < -0.39 is 0 Å². The second-order valence-corrected chi connectivity index (χ2v) is 4.69. The number of hydrogen-bond acceptors (Lipinski definition) is 2. The molecule has 2 rings (SSSR count). The topological polar surface area (TPSA) is 21.3 Å². The quantitative estimate of drug-likeness (QED) is 0.670. The van der Waals surface area contributed by atoms with Crippen LogP contribution in [0.3, 0.4) is 0 Å². The Labute approximate surface area is 114 Å². The Kier molecular flexibility index (Phi) is 4.87. The van der Waals surface area contributed by atoms with Gasteiger partial charge in [0.1, 0.15) is 5.82 Å². The molecule has 0 heterocycles. The standard InChI is InChI=1S/C14H13BrFNO/c15-14-7-6-13(16)8-12(14)9-17-18-10-11-4-2-1-3-5-11/h1-8,17H,9-10H2. The zero-order chi connectivity index (χ0) is 12.8. The molecule has 0 spiro atoms. The maximum absolute atomic E-state index is 13.0. The Morgan fingerprint density at radius 3 is 2.67 bits per heavy atom. The van der Waals surface area contributed by atoms with Crippen molar-refractivity contribution in [2.45, 2.75) is 13.2 Å². The van der Waals surface area contributed by atoms with E-state index in [1.165, 1.54) is 12.1 Å². The van der Waals surface area contributed by atoms with Gasteiger partial charge in [-0.05, 0) is 29.3 Å². The molecule has 0 aliphatic carbocycles. The van der Waals surface area contributed by atoms with Gasteiger partial charge in [0.15, 0.2) is 0 Å². The number of rotatable bonds is 5. The van der Waals surface area contributed by atoms with Crippen LogP contribution in [0.2, 0.25) is 0 Å². The fourth-order valence-corrected chi connectivity index (χ4v) is 1.90. The van der Waals surface area contributed by atoms with E-state index in [0.29, 0.717) is 13.2 Å². The Balaban J connectivity index is 1.80. The van der Waals surface area contributed by atoms with E-state index in [1.807, 2.05) is 30.3 Å². The first-order chi connectivity index (χ1) is 8.75. The predicted molar refractivity (Wildman–Crippen MR) is 72.2 cm³/mol. The van der Waals surface area contributed by atoms with Gasteiger partial charge in [0.25, 0.3) is 0 Å². The molecular formula is C14H13BrFNO. The molecule has 0 bridgehead atoms. The van der Waals surface area contributed by atoms with Crippen molar-refractivity contribution in [3.05, 3.63) is 69.9 Å². The van der Waals surface area contributed by atoms with Crippen molar-refractivity contribution >= 4 is 15.9 Å². The number of nitrogens with one attached hydrogen (secondary N) is 1. The molecule has 1 N–H and O–H groups in total. The van der Waals surface area contributed by atoms with Crippen molar-refractivity contribution < 1.29 is 9.23 Å². The van der Waals surface area contributed by atoms with E-state index in [1.54, 1.807) is 6.07 Å². The first-order valence-corrected chi connectivity index (χ1v) is 6.37. The molecule has 18 heavy (non-hydrogen) atoms. The lowest BCUT2D eigenvalue weighted by atomic mass is 10.2. The van der Waals surface area contributed by atoms with E-state index in [2.05, 4.69) is 21.4 Å². The van der Waals surface area contributed by atoms with Crippen LogP contribution in [0.15, 0.2) is 53.0 Å². The van der Waals surface area contributed by atoms with Gasteiger partial charge in [-0.1, -0.05) is 46.3 Å². The first kappa shape index (κ1) is 13.2. The summed E-state index contributed by atoms with van der Waals surface area (Å²) < 4.78 is 13.9. The van der Waals surface area contributed by atoms with E-state index in [9.17, 15) is 4.39 Å². The molecule has 0 saturated carbocycles. The molecule has 4 heteroatoms. The maximum Gasteiger partial charge on any atom is 0.123 e. The van der Waals surface area contributed by atoms with Gasteiger partial charge in [0, 0.05) is 11.0 Å². The molecule has 2 aromatic rings. The van der Waals surface area contributed by atoms with Crippen molar-refractivity contribution in [3.8, 4) is 0 Å². The fourth-order valence-electron chi connectivity index (χ4n) is 1.52. The highest BCUT2D eigenvalue weighted by molar-refractivity contribution is 9.10. The van der Waals surface area contributed by atoms with Gasteiger partial charge in [-0.2, -0.15) is 5.48 Å². The lowest BCUT2D eigenvalue weighted by Crippen LogP contribution is -2.14. The lowest BCUT2D eigenvalue weighted by Gasteiger charge is -2.07. The highest BCUT2D eigenvalue weighted by atomic mass is 79.9. The van der Waals surface area contributed by atoms with Gasteiger partial charge < -0.3 is 0 Å². The third kappa shape index (κ3) is 3.91. The van der Waals surface area contributed by atoms with Crippen LogP contribution in [0.5, 0.6) is 0 Å². The molecule has 0 radical (unpaired) electrons. The molecule has 94 valence electrons. The molecule has 2 nitrogen and oxygen atoms in total. The second kappa shape index (κ2) is 6.64. The summed E-state index contributed by atoms with van der Waals surface area (Å²) in [6.07, 6.45) is 0. The number of hydrogen-bond donors (Lipinski definition) is 1. The van der Waals surface area contributed by atoms with E-state index in [4.69, 9.17) is 4.84 Å². The third-order valence-electron chi connectivity index (χ3n) is 2.45. The highest BCUT2D eigenvalue weighted by Gasteiger charge is 2.01. The summed E-state index contributed by atoms with van der Waals surface area (Å²) in [5, 5.41) is 0. The highest BCUT2D eigenvalue weighted by Crippen LogP contribution is 2.17. The summed E-state index contributed by atoms with van der Waals surface area (Å²) in [7, 11) is 0. The Morgan fingerprint density at radius 2 is 1.89 bits per heavy atom. The lowest BCUT2D eigenvalue weighted by molar-refractivity contribution is 0.0233. The van der Waals surface area contributed by atoms with E-state index >= 15 is 0 Å². The largest absolute Gasteiger partial charge is 0.297 e. The molecule has 0 amide bonds. The second-order valence-electron chi connectivity index (χ2n) is 3.83. The van der Waals surface area contributed by atoms with Crippen LogP contribution in [0.25, 0.3) is 0 Å². The summed E-state index contributed by atoms with van der Waals surface area (Å²) >= 11 is 3.37. The van der Waals surface area contributed by atoms with Gasteiger partial charge >= 0.3 is 0 Å². The smallest absolute Gasteiger partial charge is 0.123 e. The summed E-state index contributed by atoms with van der Waals surface area (Å²) in [6, 6.07) is 14.4. The SMILES string of the molecule is Fc1ccc(Br)c(CNOCc2ccccc2)c1. The average molecular weight is 310 g/mol. The number of hydroxylamine groups is 1. The normalized spacial score (nSPS) is 10.6. The Bertz CT molecular complexity index is 504. The average Bonchev–Trinajstić information content (AvgIpc) is 2.40. The van der Waals surface area contributed by atoms with E-state index in [0.717, 1.165) is 15.6 Å². The summed E-state index contributed by atoms with van der Waals surface area (Å²) in [6.45, 7) is 0.930. The van der Waals surface area contributed by atoms with Gasteiger partial charge in [-0.3, -0.25) is 4.84 Å². The third-order valence-corrected chi connectivity index (χ3v) is 3.23. The zero-order valence-electron chi connectivity index (χ0n) is 9.70. The first-order valence-electron chi connectivity index (χ1n) is 5.58. The zero-order valence-corrected chi connectivity index (χ0v) is 11.3. The number of benzene rings is 2. The fraction of sp³-hybridized carbons (Fsp3) is 0.143. The summed E-state index contributed by atoms with van der Waals surface area (Å²) in [4.78, 5) is 5.33. The van der Waals surface area contributed by atoms with Gasteiger partial charge in [-0.15, -0.1) is 0 Å². The van der Waals surface area contributed by atoms with Crippen molar-refractivity contribution in [2.24, 2.45) is 0 Å². The van der Waals surface area contributed by atoms with Crippen LogP contribution in [-0.2, 0) is 18.0 Å². The van der Waals surface area contributed by atoms with Crippen LogP contribution < -0.4 is 5.48 Å². The predicted octanol–water partition coefficient (Wildman–Crippen LogP) is 3.81. The van der Waals surface area contributed by atoms with Crippen LogP contribution in [0.1, 0.15) is 11.1 Å². The van der Waals surface area contributed by atoms with Crippen LogP contribution >= 0.6 is 15.9 Å². The summed E-state index contributed by atoms with van der Waals surface area (Å²) in [5.74, 6) is -0.252. The van der Waals surface area contributed by atoms with Gasteiger partial charge in [0.2, 0.25) is 0 Å². The van der Waals surface area contributed by atoms with Crippen molar-refractivity contribution in [2.75, 3.05) is 0 Å². The monoisotopic (exact) mass is 309 g/mol. The molecule has 0 aromatic heterocycles. The maximum atomic E-state index is 13.0. The molecule has 2 aromatic carbocycles. The van der Waals surface area contributed by atoms with Crippen LogP contribution in [0.4, 0.5) is 4.39 Å². The van der Waals surface area contributed by atoms with Crippen LogP contribution in [0, 0.1) is 5.82 Å². The molecule has 0 atom stereocenters. The summed E-state index contributed by atoms with van der Waals surface area (Å²) in [5.41, 5.74) is 4.73. The molecule has 0 fully saturated rings. The van der Waals surface area contributed by atoms with Gasteiger partial charge in [0.05, 0.1) is 6.61 Å². The molecular weight excluding hydrogens is 297 g/mol. The van der Waals surface area contributed by atoms with Crippen LogP contribution in [-0.4, -0.2) is 0 Å². The minimum absolute atomic E-state index is 0.252. The number of halogens is 2. The minimum atomic E-state index is -0.252. The van der Waals surface area contributed by atoms with Crippen molar-refractivity contribution in [3.63, 3.8) is 0 Å². The van der Waals surface area contributed by atoms with Crippen molar-refractivity contribution in [1.29, 1.82) is 0 Å². The van der Waals surface area contributed by atoms with E-state index in [-0.39, 0.29) is 5.82 Å². The Morgan fingerprint density at radius 1 is 1.11 bits per heavy atom. The molecule has 0 saturated heterocycles. The minimum Gasteiger partial charge on any atom is -0.297 e. The Hall–Kier alpha value is -1.23. The van der Waals surface area contributed by atoms with Crippen molar-refractivity contribution in [1.82, 2.24) is 5.48 Å².